The molecule has 3 aromatic carbocycles. The Labute approximate surface area is 201 Å². The summed E-state index contributed by atoms with van der Waals surface area (Å²) in [4.78, 5) is 13.8. The Kier molecular flexibility index (Phi) is 6.73. The van der Waals surface area contributed by atoms with Gasteiger partial charge in [-0.2, -0.15) is 0 Å². The third kappa shape index (κ3) is 5.05. The standard InChI is InChI=1S/C29H34N2O3/c1-20(26-12-6-8-21-7-2-5-11-27(21)26)30-23-15-16-31(19-23)24-14-13-22(17-29(32)33)28(18-24)34-25-9-3-4-10-25/h2,5-8,11-14,18,20,23,25,30H,3-4,9-10,15-17,19H2,1H3,(H,32,33)/t20-,23+/m1/s1. The van der Waals surface area contributed by atoms with Crippen molar-refractivity contribution in [3.8, 4) is 5.75 Å². The first kappa shape index (κ1) is 22.7. The van der Waals surface area contributed by atoms with Gasteiger partial charge in [-0.1, -0.05) is 48.5 Å². The average molecular weight is 459 g/mol. The van der Waals surface area contributed by atoms with Crippen LogP contribution in [0.3, 0.4) is 0 Å². The van der Waals surface area contributed by atoms with Crippen LogP contribution in [0.2, 0.25) is 0 Å². The van der Waals surface area contributed by atoms with Gasteiger partial charge in [0.1, 0.15) is 5.75 Å². The van der Waals surface area contributed by atoms with Crippen molar-refractivity contribution in [2.75, 3.05) is 18.0 Å². The van der Waals surface area contributed by atoms with Gasteiger partial charge in [-0.05, 0) is 61.4 Å². The highest BCUT2D eigenvalue weighted by molar-refractivity contribution is 5.86. The molecule has 5 nitrogen and oxygen atoms in total. The molecule has 2 N–H and O–H groups in total. The zero-order valence-electron chi connectivity index (χ0n) is 19.9. The summed E-state index contributed by atoms with van der Waals surface area (Å²) in [6.07, 6.45) is 5.76. The van der Waals surface area contributed by atoms with Gasteiger partial charge in [-0.15, -0.1) is 0 Å². The smallest absolute Gasteiger partial charge is 0.307 e. The van der Waals surface area contributed by atoms with E-state index in [1.54, 1.807) is 0 Å². The number of benzene rings is 3. The lowest BCUT2D eigenvalue weighted by Crippen LogP contribution is -2.34. The molecule has 0 amide bonds. The molecule has 1 saturated heterocycles. The first-order valence-corrected chi connectivity index (χ1v) is 12.6. The maximum atomic E-state index is 11.4. The van der Waals surface area contributed by atoms with Crippen LogP contribution in [0.15, 0.2) is 60.7 Å². The zero-order valence-corrected chi connectivity index (χ0v) is 19.9. The molecular formula is C29H34N2O3. The lowest BCUT2D eigenvalue weighted by atomic mass is 9.99. The van der Waals surface area contributed by atoms with Gasteiger partial charge in [0.15, 0.2) is 0 Å². The molecule has 0 spiro atoms. The quantitative estimate of drug-likeness (QED) is 0.452. The highest BCUT2D eigenvalue weighted by atomic mass is 16.5. The lowest BCUT2D eigenvalue weighted by molar-refractivity contribution is -0.136. The Bertz CT molecular complexity index is 1150. The second kappa shape index (κ2) is 10.1. The minimum Gasteiger partial charge on any atom is -0.490 e. The van der Waals surface area contributed by atoms with Gasteiger partial charge in [0.2, 0.25) is 0 Å². The van der Waals surface area contributed by atoms with E-state index < -0.39 is 5.97 Å². The summed E-state index contributed by atoms with van der Waals surface area (Å²) in [6, 6.07) is 21.8. The third-order valence-electron chi connectivity index (χ3n) is 7.32. The van der Waals surface area contributed by atoms with Crippen LogP contribution in [-0.2, 0) is 11.2 Å². The molecule has 2 atom stereocenters. The fourth-order valence-electron chi connectivity index (χ4n) is 5.55. The maximum absolute atomic E-state index is 11.4. The molecule has 1 heterocycles. The van der Waals surface area contributed by atoms with E-state index in [2.05, 4.69) is 71.7 Å². The highest BCUT2D eigenvalue weighted by Crippen LogP contribution is 2.33. The average Bonchev–Trinajstić information content (AvgIpc) is 3.52. The number of rotatable bonds is 8. The second-order valence-corrected chi connectivity index (χ2v) is 9.78. The summed E-state index contributed by atoms with van der Waals surface area (Å²) in [5, 5.41) is 15.8. The van der Waals surface area contributed by atoms with Gasteiger partial charge in [0.25, 0.3) is 0 Å². The topological polar surface area (TPSA) is 61.8 Å². The predicted molar refractivity (Wildman–Crippen MR) is 137 cm³/mol. The molecular weight excluding hydrogens is 424 g/mol. The number of fused-ring (bicyclic) bond motifs is 1. The van der Waals surface area contributed by atoms with Crippen LogP contribution in [0.1, 0.15) is 56.2 Å². The second-order valence-electron chi connectivity index (χ2n) is 9.78. The molecule has 34 heavy (non-hydrogen) atoms. The number of nitrogens with zero attached hydrogens (tertiary/aromatic N) is 1. The molecule has 5 rings (SSSR count). The van der Waals surface area contributed by atoms with Gasteiger partial charge in [0.05, 0.1) is 12.5 Å². The lowest BCUT2D eigenvalue weighted by Gasteiger charge is -2.24. The molecule has 178 valence electrons. The number of nitrogens with one attached hydrogen (secondary N) is 1. The van der Waals surface area contributed by atoms with E-state index in [1.807, 2.05) is 6.07 Å². The van der Waals surface area contributed by atoms with Crippen LogP contribution in [-0.4, -0.2) is 36.3 Å². The largest absolute Gasteiger partial charge is 0.490 e. The normalized spacial score (nSPS) is 19.6. The third-order valence-corrected chi connectivity index (χ3v) is 7.32. The highest BCUT2D eigenvalue weighted by Gasteiger charge is 2.26. The number of anilines is 1. The van der Waals surface area contributed by atoms with Gasteiger partial charge in [-0.3, -0.25) is 4.79 Å². The number of hydrogen-bond acceptors (Lipinski definition) is 4. The molecule has 5 heteroatoms. The number of carboxylic acids is 1. The van der Waals surface area contributed by atoms with Gasteiger partial charge in [-0.25, -0.2) is 0 Å². The van der Waals surface area contributed by atoms with Crippen molar-refractivity contribution in [1.29, 1.82) is 0 Å². The summed E-state index contributed by atoms with van der Waals surface area (Å²) in [6.45, 7) is 4.15. The van der Waals surface area contributed by atoms with Crippen molar-refractivity contribution in [3.05, 3.63) is 71.8 Å². The Hall–Kier alpha value is -3.05. The first-order valence-electron chi connectivity index (χ1n) is 12.6. The Morgan fingerprint density at radius 1 is 1.09 bits per heavy atom. The van der Waals surface area contributed by atoms with Crippen LogP contribution in [0.5, 0.6) is 5.75 Å². The summed E-state index contributed by atoms with van der Waals surface area (Å²) in [5.41, 5.74) is 3.22. The summed E-state index contributed by atoms with van der Waals surface area (Å²) < 4.78 is 6.29. The Morgan fingerprint density at radius 3 is 2.71 bits per heavy atom. The van der Waals surface area contributed by atoms with Crippen LogP contribution < -0.4 is 15.0 Å². The number of carbonyl (C=O) groups is 1. The van der Waals surface area contributed by atoms with E-state index >= 15 is 0 Å². The van der Waals surface area contributed by atoms with Crippen molar-refractivity contribution < 1.29 is 14.6 Å². The minimum absolute atomic E-state index is 0.00490. The first-order chi connectivity index (χ1) is 16.6. The fourth-order valence-corrected chi connectivity index (χ4v) is 5.55. The number of aliphatic carboxylic acids is 1. The molecule has 1 aliphatic heterocycles. The monoisotopic (exact) mass is 458 g/mol. The van der Waals surface area contributed by atoms with Crippen LogP contribution >= 0.6 is 0 Å². The van der Waals surface area contributed by atoms with Crippen molar-refractivity contribution >= 4 is 22.4 Å². The van der Waals surface area contributed by atoms with Crippen molar-refractivity contribution in [1.82, 2.24) is 5.32 Å². The number of hydrogen-bond donors (Lipinski definition) is 2. The SMILES string of the molecule is C[C@@H](N[C@H]1CCN(c2ccc(CC(=O)O)c(OC3CCCC3)c2)C1)c1cccc2ccccc12. The molecule has 1 aliphatic carbocycles. The molecule has 0 bridgehead atoms. The van der Waals surface area contributed by atoms with Gasteiger partial charge in [0, 0.05) is 42.5 Å². The summed E-state index contributed by atoms with van der Waals surface area (Å²) >= 11 is 0. The number of carboxylic acid groups (broad SMARTS) is 1. The van der Waals surface area contributed by atoms with Crippen LogP contribution in [0.25, 0.3) is 10.8 Å². The predicted octanol–water partition coefficient (Wildman–Crippen LogP) is 5.72. The Morgan fingerprint density at radius 2 is 1.88 bits per heavy atom. The molecule has 0 radical (unpaired) electrons. The van der Waals surface area contributed by atoms with E-state index in [9.17, 15) is 9.90 Å². The van der Waals surface area contributed by atoms with Gasteiger partial charge < -0.3 is 20.1 Å². The fraction of sp³-hybridized carbons (Fsp3) is 0.414. The number of ether oxygens (including phenoxy) is 1. The van der Waals surface area contributed by atoms with Gasteiger partial charge >= 0.3 is 5.97 Å². The minimum atomic E-state index is -0.822. The van der Waals surface area contributed by atoms with E-state index in [4.69, 9.17) is 4.74 Å². The van der Waals surface area contributed by atoms with E-state index in [1.165, 1.54) is 29.2 Å². The maximum Gasteiger partial charge on any atom is 0.307 e. The van der Waals surface area contributed by atoms with Crippen molar-refractivity contribution in [2.24, 2.45) is 0 Å². The van der Waals surface area contributed by atoms with E-state index in [0.29, 0.717) is 6.04 Å². The van der Waals surface area contributed by atoms with Crippen LogP contribution in [0, 0.1) is 0 Å². The molecule has 0 unspecified atom stereocenters. The van der Waals surface area contributed by atoms with Crippen molar-refractivity contribution in [3.63, 3.8) is 0 Å². The summed E-state index contributed by atoms with van der Waals surface area (Å²) in [5.74, 6) is -0.0794. The van der Waals surface area contributed by atoms with Crippen LogP contribution in [0.4, 0.5) is 5.69 Å². The zero-order chi connectivity index (χ0) is 23.5. The molecule has 0 aromatic heterocycles. The molecule has 2 aliphatic rings. The molecule has 2 fully saturated rings. The summed E-state index contributed by atoms with van der Waals surface area (Å²) in [7, 11) is 0. The van der Waals surface area contributed by atoms with Crippen molar-refractivity contribution in [2.45, 2.75) is 63.6 Å². The molecule has 3 aromatic rings. The Balaban J connectivity index is 1.28. The van der Waals surface area contributed by atoms with E-state index in [-0.39, 0.29) is 18.6 Å². The van der Waals surface area contributed by atoms with E-state index in [0.717, 1.165) is 49.4 Å². The molecule has 1 saturated carbocycles.